The monoisotopic (exact) mass is 348 g/mol. The van der Waals surface area contributed by atoms with Gasteiger partial charge < -0.3 is 9.66 Å². The van der Waals surface area contributed by atoms with Crippen molar-refractivity contribution in [3.63, 3.8) is 0 Å². The van der Waals surface area contributed by atoms with Gasteiger partial charge in [-0.05, 0) is 37.0 Å². The van der Waals surface area contributed by atoms with Gasteiger partial charge in [0.2, 0.25) is 0 Å². The van der Waals surface area contributed by atoms with E-state index >= 15 is 0 Å². The third-order valence-corrected chi connectivity index (χ3v) is 5.19. The highest BCUT2D eigenvalue weighted by molar-refractivity contribution is 7.92. The maximum absolute atomic E-state index is 11.7. The molecule has 0 aliphatic carbocycles. The van der Waals surface area contributed by atoms with Crippen LogP contribution in [0.15, 0.2) is 18.2 Å². The van der Waals surface area contributed by atoms with Gasteiger partial charge in [-0.1, -0.05) is 6.07 Å². The maximum Gasteiger partial charge on any atom is 0.326 e. The predicted octanol–water partition coefficient (Wildman–Crippen LogP) is 0.118. The van der Waals surface area contributed by atoms with Crippen LogP contribution >= 0.6 is 0 Å². The summed E-state index contributed by atoms with van der Waals surface area (Å²) < 4.78 is 45.2. The minimum Gasteiger partial charge on any atom is -0.506 e. The minimum atomic E-state index is -3.94. The number of carbonyl (C=O) groups is 1. The van der Waals surface area contributed by atoms with Crippen LogP contribution in [0.1, 0.15) is 18.4 Å². The van der Waals surface area contributed by atoms with Crippen molar-refractivity contribution in [1.82, 2.24) is 4.72 Å². The molecule has 0 bridgehead atoms. The molecular weight excluding hydrogens is 332 g/mol. The molecule has 0 aromatic heterocycles. The zero-order chi connectivity index (χ0) is 16.3. The molecule has 1 aliphatic rings. The van der Waals surface area contributed by atoms with Crippen LogP contribution in [0.4, 0.5) is 5.69 Å². The first-order chi connectivity index (χ1) is 10.3. The van der Waals surface area contributed by atoms with Gasteiger partial charge in [0.1, 0.15) is 12.3 Å². The van der Waals surface area contributed by atoms with Crippen LogP contribution in [-0.2, 0) is 32.5 Å². The number of carbonyl (C=O) groups excluding carboxylic acids is 1. The number of hydrogen-bond donors (Lipinski definition) is 3. The molecule has 10 heteroatoms. The van der Waals surface area contributed by atoms with Crippen LogP contribution in [0.2, 0.25) is 0 Å². The van der Waals surface area contributed by atoms with E-state index in [0.717, 1.165) is 9.87 Å². The third kappa shape index (κ3) is 3.96. The molecule has 1 atom stereocenters. The van der Waals surface area contributed by atoms with Crippen molar-refractivity contribution in [1.29, 1.82) is 0 Å². The Bertz CT molecular complexity index is 704. The number of anilines is 1. The Balaban J connectivity index is 2.07. The van der Waals surface area contributed by atoms with Crippen LogP contribution in [0.5, 0.6) is 5.75 Å². The highest BCUT2D eigenvalue weighted by atomic mass is 32.2. The molecule has 1 aliphatic heterocycles. The Morgan fingerprint density at radius 2 is 2.05 bits per heavy atom. The quantitative estimate of drug-likeness (QED) is 0.495. The standard InChI is InChI=1S/C12H16N2O6S2/c15-11-7-9(3-1-2-6-21(17)18)4-5-10(11)14-8-12(16)13-22(14,19)20/h4-5,7,15H,1-3,6,8H2,(H,13,16)(H,17,18). The van der Waals surface area contributed by atoms with Gasteiger partial charge >= 0.3 is 10.2 Å². The fraction of sp³-hybridized carbons (Fsp3) is 0.417. The number of rotatable bonds is 6. The number of aryl methyl sites for hydroxylation is 1. The lowest BCUT2D eigenvalue weighted by Gasteiger charge is -2.16. The van der Waals surface area contributed by atoms with Crippen LogP contribution in [-0.4, -0.2) is 40.5 Å². The number of phenolic OH excluding ortho intramolecular Hbond substituents is 1. The Hall–Kier alpha value is -1.65. The number of aromatic hydroxyl groups is 1. The summed E-state index contributed by atoms with van der Waals surface area (Å²) in [5.41, 5.74) is 0.819. The van der Waals surface area contributed by atoms with Crippen molar-refractivity contribution in [3.8, 4) is 5.75 Å². The third-order valence-electron chi connectivity index (χ3n) is 3.16. The number of unbranched alkanes of at least 4 members (excludes halogenated alkanes) is 1. The lowest BCUT2D eigenvalue weighted by Crippen LogP contribution is -2.29. The zero-order valence-corrected chi connectivity index (χ0v) is 13.2. The van der Waals surface area contributed by atoms with E-state index in [1.54, 1.807) is 6.07 Å². The summed E-state index contributed by atoms with van der Waals surface area (Å²) in [7, 11) is -3.94. The lowest BCUT2D eigenvalue weighted by atomic mass is 10.1. The van der Waals surface area contributed by atoms with Gasteiger partial charge in [0.15, 0.2) is 11.1 Å². The summed E-state index contributed by atoms with van der Waals surface area (Å²) in [5.74, 6) is -0.687. The van der Waals surface area contributed by atoms with Crippen LogP contribution in [0.3, 0.4) is 0 Å². The van der Waals surface area contributed by atoms with Gasteiger partial charge in [0.25, 0.3) is 5.91 Å². The van der Waals surface area contributed by atoms with Crippen molar-refractivity contribution < 1.29 is 27.1 Å². The largest absolute Gasteiger partial charge is 0.506 e. The summed E-state index contributed by atoms with van der Waals surface area (Å²) in [4.78, 5) is 11.2. The smallest absolute Gasteiger partial charge is 0.326 e. The zero-order valence-electron chi connectivity index (χ0n) is 11.6. The molecule has 122 valence electrons. The fourth-order valence-electron chi connectivity index (χ4n) is 2.15. The van der Waals surface area contributed by atoms with Crippen molar-refractivity contribution in [2.75, 3.05) is 16.6 Å². The van der Waals surface area contributed by atoms with E-state index in [-0.39, 0.29) is 23.7 Å². The van der Waals surface area contributed by atoms with Crippen molar-refractivity contribution in [2.45, 2.75) is 19.3 Å². The predicted molar refractivity (Wildman–Crippen MR) is 81.1 cm³/mol. The molecule has 3 N–H and O–H groups in total. The molecule has 0 saturated carbocycles. The van der Waals surface area contributed by atoms with Gasteiger partial charge in [-0.25, -0.2) is 13.2 Å². The molecule has 0 radical (unpaired) electrons. The molecule has 1 amide bonds. The van der Waals surface area contributed by atoms with Crippen molar-refractivity contribution in [2.24, 2.45) is 0 Å². The highest BCUT2D eigenvalue weighted by Gasteiger charge is 2.35. The molecule has 1 unspecified atom stereocenters. The molecule has 1 heterocycles. The fourth-order valence-corrected chi connectivity index (χ4v) is 3.77. The second-order valence-corrected chi connectivity index (χ2v) is 7.49. The Morgan fingerprint density at radius 1 is 1.32 bits per heavy atom. The molecule has 1 aromatic carbocycles. The minimum absolute atomic E-state index is 0.0403. The van der Waals surface area contributed by atoms with E-state index in [0.29, 0.717) is 19.3 Å². The second-order valence-electron chi connectivity index (χ2n) is 4.84. The van der Waals surface area contributed by atoms with Gasteiger partial charge in [-0.3, -0.25) is 4.79 Å². The molecule has 2 rings (SSSR count). The van der Waals surface area contributed by atoms with E-state index in [4.69, 9.17) is 4.55 Å². The number of phenols is 1. The first-order valence-electron chi connectivity index (χ1n) is 6.52. The summed E-state index contributed by atoms with van der Waals surface area (Å²) >= 11 is -1.81. The van der Waals surface area contributed by atoms with Crippen LogP contribution in [0, 0.1) is 0 Å². The second kappa shape index (κ2) is 6.63. The SMILES string of the molecule is O=C1CN(c2ccc(CCCCS(=O)O)cc2O)S(=O)(=O)N1. The van der Waals surface area contributed by atoms with E-state index in [2.05, 4.69) is 0 Å². The average Bonchev–Trinajstić information content (AvgIpc) is 2.67. The molecule has 22 heavy (non-hydrogen) atoms. The van der Waals surface area contributed by atoms with Gasteiger partial charge in [-0.15, -0.1) is 0 Å². The maximum atomic E-state index is 11.7. The molecule has 1 aromatic rings. The number of benzene rings is 1. The number of nitrogens with one attached hydrogen (secondary N) is 1. The molecule has 8 nitrogen and oxygen atoms in total. The summed E-state index contributed by atoms with van der Waals surface area (Å²) in [6, 6.07) is 4.53. The van der Waals surface area contributed by atoms with Gasteiger partial charge in [0.05, 0.1) is 5.69 Å². The lowest BCUT2D eigenvalue weighted by molar-refractivity contribution is -0.117. The van der Waals surface area contributed by atoms with Crippen LogP contribution in [0.25, 0.3) is 0 Å². The average molecular weight is 348 g/mol. The van der Waals surface area contributed by atoms with E-state index in [1.807, 2.05) is 4.72 Å². The van der Waals surface area contributed by atoms with Gasteiger partial charge in [-0.2, -0.15) is 8.42 Å². The van der Waals surface area contributed by atoms with Gasteiger partial charge in [0, 0.05) is 5.75 Å². The molecular formula is C12H16N2O6S2. The summed E-state index contributed by atoms with van der Waals surface area (Å²) in [6.45, 7) is -0.364. The number of amides is 1. The number of hydrogen-bond acceptors (Lipinski definition) is 5. The summed E-state index contributed by atoms with van der Waals surface area (Å²) in [5, 5.41) is 9.98. The molecule has 1 saturated heterocycles. The molecule has 1 fully saturated rings. The van der Waals surface area contributed by atoms with Crippen molar-refractivity contribution >= 4 is 32.9 Å². The van der Waals surface area contributed by atoms with E-state index in [9.17, 15) is 22.5 Å². The first-order valence-corrected chi connectivity index (χ1v) is 9.24. The normalized spacial score (nSPS) is 18.2. The van der Waals surface area contributed by atoms with E-state index < -0.39 is 27.2 Å². The van der Waals surface area contributed by atoms with Crippen LogP contribution < -0.4 is 9.03 Å². The van der Waals surface area contributed by atoms with Crippen molar-refractivity contribution in [3.05, 3.63) is 23.8 Å². The Kier molecular flexibility index (Phi) is 5.04. The Labute approximate surface area is 130 Å². The Morgan fingerprint density at radius 3 is 2.59 bits per heavy atom. The highest BCUT2D eigenvalue weighted by Crippen LogP contribution is 2.31. The molecule has 0 spiro atoms. The van der Waals surface area contributed by atoms with E-state index in [1.165, 1.54) is 12.1 Å². The summed E-state index contributed by atoms with van der Waals surface area (Å²) in [6.07, 6.45) is 1.84. The number of nitrogens with zero attached hydrogens (tertiary/aromatic N) is 1. The first kappa shape index (κ1) is 16.7. The topological polar surface area (TPSA) is 124 Å².